The van der Waals surface area contributed by atoms with Crippen LogP contribution in [0, 0.1) is 0 Å². The van der Waals surface area contributed by atoms with Crippen LogP contribution in [0.1, 0.15) is 12.0 Å². The Morgan fingerprint density at radius 3 is 2.71 bits per heavy atom. The third kappa shape index (κ3) is 3.89. The number of hydrogen-bond donors (Lipinski definition) is 2. The largest absolute Gasteiger partial charge is 0.497 e. The van der Waals surface area contributed by atoms with Crippen LogP contribution in [0.5, 0.6) is 5.75 Å². The van der Waals surface area contributed by atoms with Crippen LogP contribution in [0.25, 0.3) is 0 Å². The molecule has 0 aromatic heterocycles. The van der Waals surface area contributed by atoms with Crippen molar-refractivity contribution in [3.8, 4) is 5.75 Å². The van der Waals surface area contributed by atoms with E-state index in [1.807, 2.05) is 48.5 Å². The second-order valence-electron chi connectivity index (χ2n) is 5.42. The van der Waals surface area contributed by atoms with E-state index < -0.39 is 5.25 Å². The van der Waals surface area contributed by atoms with Crippen molar-refractivity contribution in [1.29, 1.82) is 0 Å². The summed E-state index contributed by atoms with van der Waals surface area (Å²) in [4.78, 5) is 25.2. The first-order valence-corrected chi connectivity index (χ1v) is 8.50. The standard InChI is InChI=1S/C18H18N2O3S/c1-23-13-8-6-12(7-9-13)11-19-17(21)10-16-18(22)20-14-4-2-3-5-15(14)24-16/h2-9,16H,10-11H2,1H3,(H,19,21)(H,20,22)/t16-/m0/s1. The van der Waals surface area contributed by atoms with Gasteiger partial charge in [-0.1, -0.05) is 24.3 Å². The van der Waals surface area contributed by atoms with Gasteiger partial charge in [-0.3, -0.25) is 9.59 Å². The monoisotopic (exact) mass is 342 g/mol. The Bertz CT molecular complexity index is 746. The number of benzene rings is 2. The van der Waals surface area contributed by atoms with E-state index in [-0.39, 0.29) is 18.2 Å². The molecule has 2 aromatic rings. The van der Waals surface area contributed by atoms with Gasteiger partial charge in [-0.05, 0) is 29.8 Å². The second-order valence-corrected chi connectivity index (χ2v) is 6.67. The zero-order valence-corrected chi connectivity index (χ0v) is 14.1. The highest BCUT2D eigenvalue weighted by atomic mass is 32.2. The van der Waals surface area contributed by atoms with E-state index in [0.29, 0.717) is 6.54 Å². The highest BCUT2D eigenvalue weighted by Crippen LogP contribution is 2.36. The summed E-state index contributed by atoms with van der Waals surface area (Å²) in [7, 11) is 1.61. The van der Waals surface area contributed by atoms with Crippen LogP contribution in [-0.2, 0) is 16.1 Å². The summed E-state index contributed by atoms with van der Waals surface area (Å²) in [6.07, 6.45) is 0.154. The van der Waals surface area contributed by atoms with Gasteiger partial charge in [0.15, 0.2) is 0 Å². The number of thioether (sulfide) groups is 1. The van der Waals surface area contributed by atoms with Crippen molar-refractivity contribution >= 4 is 29.3 Å². The van der Waals surface area contributed by atoms with Gasteiger partial charge in [0, 0.05) is 17.9 Å². The Morgan fingerprint density at radius 1 is 1.21 bits per heavy atom. The molecular formula is C18H18N2O3S. The highest BCUT2D eigenvalue weighted by molar-refractivity contribution is 8.01. The minimum atomic E-state index is -0.407. The fourth-order valence-corrected chi connectivity index (χ4v) is 3.52. The Morgan fingerprint density at radius 2 is 1.96 bits per heavy atom. The minimum absolute atomic E-state index is 0.127. The number of ether oxygens (including phenoxy) is 1. The molecule has 2 amide bonds. The molecule has 6 heteroatoms. The average Bonchev–Trinajstić information content (AvgIpc) is 2.61. The molecule has 0 fully saturated rings. The molecule has 124 valence electrons. The van der Waals surface area contributed by atoms with Gasteiger partial charge in [0.05, 0.1) is 18.0 Å². The van der Waals surface area contributed by atoms with E-state index in [4.69, 9.17) is 4.74 Å². The summed E-state index contributed by atoms with van der Waals surface area (Å²) in [6, 6.07) is 15.1. The number of rotatable bonds is 5. The van der Waals surface area contributed by atoms with Crippen LogP contribution in [0.3, 0.4) is 0 Å². The molecule has 1 aliphatic rings. The molecule has 0 radical (unpaired) electrons. The first kappa shape index (κ1) is 16.4. The van der Waals surface area contributed by atoms with Crippen LogP contribution < -0.4 is 15.4 Å². The summed E-state index contributed by atoms with van der Waals surface area (Å²) in [5, 5.41) is 5.30. The zero-order valence-electron chi connectivity index (χ0n) is 13.2. The number of carbonyl (C=O) groups excluding carboxylic acids is 2. The number of anilines is 1. The molecule has 5 nitrogen and oxygen atoms in total. The fourth-order valence-electron chi connectivity index (χ4n) is 2.41. The zero-order chi connectivity index (χ0) is 16.9. The SMILES string of the molecule is COc1ccc(CNC(=O)C[C@@H]2Sc3ccccc3NC2=O)cc1. The molecular weight excluding hydrogens is 324 g/mol. The maximum absolute atomic E-state index is 12.1. The molecule has 0 spiro atoms. The molecule has 1 atom stereocenters. The van der Waals surface area contributed by atoms with Crippen LogP contribution in [0.2, 0.25) is 0 Å². The van der Waals surface area contributed by atoms with Crippen molar-refractivity contribution < 1.29 is 14.3 Å². The smallest absolute Gasteiger partial charge is 0.238 e. The molecule has 0 saturated carbocycles. The first-order valence-electron chi connectivity index (χ1n) is 7.62. The highest BCUT2D eigenvalue weighted by Gasteiger charge is 2.28. The van der Waals surface area contributed by atoms with Crippen LogP contribution in [0.4, 0.5) is 5.69 Å². The number of carbonyl (C=O) groups is 2. The van der Waals surface area contributed by atoms with Crippen molar-refractivity contribution in [3.63, 3.8) is 0 Å². The summed E-state index contributed by atoms with van der Waals surface area (Å²) < 4.78 is 5.10. The van der Waals surface area contributed by atoms with Gasteiger partial charge in [0.2, 0.25) is 11.8 Å². The number of para-hydroxylation sites is 1. The van der Waals surface area contributed by atoms with Crippen molar-refractivity contribution in [3.05, 3.63) is 54.1 Å². The van der Waals surface area contributed by atoms with E-state index >= 15 is 0 Å². The average molecular weight is 342 g/mol. The lowest BCUT2D eigenvalue weighted by Crippen LogP contribution is -2.34. The van der Waals surface area contributed by atoms with Gasteiger partial charge in [-0.2, -0.15) is 0 Å². The quantitative estimate of drug-likeness (QED) is 0.877. The molecule has 2 aromatic carbocycles. The lowest BCUT2D eigenvalue weighted by Gasteiger charge is -2.23. The number of fused-ring (bicyclic) bond motifs is 1. The summed E-state index contributed by atoms with van der Waals surface area (Å²) in [6.45, 7) is 0.429. The Labute approximate surface area is 144 Å². The Balaban J connectivity index is 1.54. The van der Waals surface area contributed by atoms with E-state index in [1.165, 1.54) is 11.8 Å². The molecule has 0 aliphatic carbocycles. The van der Waals surface area contributed by atoms with E-state index in [2.05, 4.69) is 10.6 Å². The van der Waals surface area contributed by atoms with Crippen LogP contribution in [-0.4, -0.2) is 24.2 Å². The molecule has 1 heterocycles. The van der Waals surface area contributed by atoms with Crippen molar-refractivity contribution in [2.45, 2.75) is 23.1 Å². The predicted molar refractivity (Wildman–Crippen MR) is 94.2 cm³/mol. The molecule has 1 aliphatic heterocycles. The van der Waals surface area contributed by atoms with Crippen molar-refractivity contribution in [2.75, 3.05) is 12.4 Å². The van der Waals surface area contributed by atoms with Crippen LogP contribution in [0.15, 0.2) is 53.4 Å². The topological polar surface area (TPSA) is 67.4 Å². The maximum Gasteiger partial charge on any atom is 0.238 e. The van der Waals surface area contributed by atoms with E-state index in [9.17, 15) is 9.59 Å². The number of methoxy groups -OCH3 is 1. The lowest BCUT2D eigenvalue weighted by atomic mass is 10.2. The van der Waals surface area contributed by atoms with Gasteiger partial charge in [0.1, 0.15) is 5.75 Å². The number of nitrogens with one attached hydrogen (secondary N) is 2. The van der Waals surface area contributed by atoms with Gasteiger partial charge < -0.3 is 15.4 Å². The third-order valence-electron chi connectivity index (χ3n) is 3.73. The number of amides is 2. The summed E-state index contributed by atoms with van der Waals surface area (Å²) >= 11 is 1.43. The summed E-state index contributed by atoms with van der Waals surface area (Å²) in [5.74, 6) is 0.509. The maximum atomic E-state index is 12.1. The Hall–Kier alpha value is -2.47. The predicted octanol–water partition coefficient (Wildman–Crippen LogP) is 2.81. The first-order chi connectivity index (χ1) is 11.7. The van der Waals surface area contributed by atoms with E-state index in [0.717, 1.165) is 21.9 Å². The second kappa shape index (κ2) is 7.40. The lowest BCUT2D eigenvalue weighted by molar-refractivity contribution is -0.124. The number of hydrogen-bond acceptors (Lipinski definition) is 4. The molecule has 0 saturated heterocycles. The van der Waals surface area contributed by atoms with Gasteiger partial charge >= 0.3 is 0 Å². The van der Waals surface area contributed by atoms with Crippen molar-refractivity contribution in [2.24, 2.45) is 0 Å². The van der Waals surface area contributed by atoms with Crippen LogP contribution >= 0.6 is 11.8 Å². The molecule has 3 rings (SSSR count). The third-order valence-corrected chi connectivity index (χ3v) is 5.00. The van der Waals surface area contributed by atoms with Gasteiger partial charge in [-0.25, -0.2) is 0 Å². The molecule has 24 heavy (non-hydrogen) atoms. The fraction of sp³-hybridized carbons (Fsp3) is 0.222. The normalized spacial score (nSPS) is 16.0. The van der Waals surface area contributed by atoms with Gasteiger partial charge in [-0.15, -0.1) is 11.8 Å². The molecule has 0 bridgehead atoms. The molecule has 2 N–H and O–H groups in total. The van der Waals surface area contributed by atoms with Gasteiger partial charge in [0.25, 0.3) is 0 Å². The van der Waals surface area contributed by atoms with E-state index in [1.54, 1.807) is 7.11 Å². The summed E-state index contributed by atoms with van der Waals surface area (Å²) in [5.41, 5.74) is 1.79. The Kier molecular flexibility index (Phi) is 5.05. The minimum Gasteiger partial charge on any atom is -0.497 e. The van der Waals surface area contributed by atoms with Crippen molar-refractivity contribution in [1.82, 2.24) is 5.32 Å². The molecule has 0 unspecified atom stereocenters.